The zero-order chi connectivity index (χ0) is 27.4. The lowest BCUT2D eigenvalue weighted by Crippen LogP contribution is -2.28. The summed E-state index contributed by atoms with van der Waals surface area (Å²) in [6.45, 7) is 0. The Kier molecular flexibility index (Phi) is 6.04. The van der Waals surface area contributed by atoms with E-state index in [-0.39, 0.29) is 44.5 Å². The Bertz CT molecular complexity index is 1720. The average molecular weight is 526 g/mol. The van der Waals surface area contributed by atoms with Crippen LogP contribution in [0.3, 0.4) is 0 Å². The Balaban J connectivity index is 1.93. The molecule has 0 radical (unpaired) electrons. The molecule has 7 nitrogen and oxygen atoms in total. The van der Waals surface area contributed by atoms with Gasteiger partial charge in [-0.05, 0) is 61.1 Å². The van der Waals surface area contributed by atoms with Gasteiger partial charge in [0.15, 0.2) is 0 Å². The fourth-order valence-corrected chi connectivity index (χ4v) is 4.48. The first-order valence-electron chi connectivity index (χ1n) is 11.2. The van der Waals surface area contributed by atoms with Crippen LogP contribution in [0.4, 0.5) is 17.6 Å². The molecule has 194 valence electrons. The number of aliphatic hydroxyl groups is 1. The van der Waals surface area contributed by atoms with Gasteiger partial charge in [0.2, 0.25) is 0 Å². The number of carbonyl (C=O) groups excluding carboxylic acids is 1. The number of fused-ring (bicyclic) bond motifs is 3. The molecule has 38 heavy (non-hydrogen) atoms. The van der Waals surface area contributed by atoms with Crippen molar-refractivity contribution in [2.75, 3.05) is 7.05 Å². The molecular weight excluding hydrogens is 508 g/mol. The van der Waals surface area contributed by atoms with E-state index in [0.29, 0.717) is 15.5 Å². The zero-order valence-corrected chi connectivity index (χ0v) is 19.5. The molecule has 2 aromatic heterocycles. The predicted octanol–water partition coefficient (Wildman–Crippen LogP) is 5.97. The lowest BCUT2D eigenvalue weighted by atomic mass is 9.96. The van der Waals surface area contributed by atoms with Gasteiger partial charge in [0.05, 0.1) is 11.1 Å². The molecular formula is C27H18F4N2O5. The van der Waals surface area contributed by atoms with Crippen molar-refractivity contribution in [3.8, 4) is 22.5 Å². The lowest BCUT2D eigenvalue weighted by molar-refractivity contribution is -0.0942. The van der Waals surface area contributed by atoms with Crippen molar-refractivity contribution in [2.45, 2.75) is 12.4 Å². The van der Waals surface area contributed by atoms with E-state index < -0.39 is 30.1 Å². The first-order chi connectivity index (χ1) is 18.0. The van der Waals surface area contributed by atoms with Gasteiger partial charge >= 0.3 is 18.1 Å². The molecule has 0 spiro atoms. The summed E-state index contributed by atoms with van der Waals surface area (Å²) < 4.78 is 60.6. The normalized spacial score (nSPS) is 12.8. The summed E-state index contributed by atoms with van der Waals surface area (Å²) in [4.78, 5) is 23.9. The van der Waals surface area contributed by atoms with E-state index in [2.05, 4.69) is 5.32 Å². The van der Waals surface area contributed by atoms with Gasteiger partial charge in [-0.2, -0.15) is 13.2 Å². The van der Waals surface area contributed by atoms with E-state index in [1.165, 1.54) is 67.7 Å². The number of rotatable bonds is 5. The van der Waals surface area contributed by atoms with Gasteiger partial charge in [-0.1, -0.05) is 12.1 Å². The number of benzene rings is 3. The predicted molar refractivity (Wildman–Crippen MR) is 130 cm³/mol. The van der Waals surface area contributed by atoms with Crippen molar-refractivity contribution in [1.29, 1.82) is 0 Å². The Morgan fingerprint density at radius 2 is 1.71 bits per heavy atom. The summed E-state index contributed by atoms with van der Waals surface area (Å²) in [5, 5.41) is 23.4. The highest BCUT2D eigenvalue weighted by molar-refractivity contribution is 6.15. The number of halogens is 4. The number of furan rings is 1. The minimum Gasteiger partial charge on any atom is -0.478 e. The maximum Gasteiger partial charge on any atom is 0.472 e. The molecule has 0 bridgehead atoms. The van der Waals surface area contributed by atoms with E-state index in [1.807, 2.05) is 0 Å². The molecule has 1 atom stereocenters. The van der Waals surface area contributed by atoms with Gasteiger partial charge in [0, 0.05) is 33.7 Å². The van der Waals surface area contributed by atoms with Gasteiger partial charge in [-0.25, -0.2) is 9.18 Å². The number of hydrogen-bond donors (Lipinski definition) is 3. The Morgan fingerprint density at radius 3 is 2.34 bits per heavy atom. The first kappa shape index (κ1) is 25.2. The third-order valence-corrected chi connectivity index (χ3v) is 6.19. The van der Waals surface area contributed by atoms with Gasteiger partial charge in [-0.3, -0.25) is 14.7 Å². The molecule has 0 saturated heterocycles. The molecule has 3 aromatic carbocycles. The van der Waals surface area contributed by atoms with Crippen LogP contribution >= 0.6 is 0 Å². The van der Waals surface area contributed by atoms with E-state index in [9.17, 15) is 37.4 Å². The number of hydrogen-bond acceptors (Lipinski definition) is 5. The van der Waals surface area contributed by atoms with Gasteiger partial charge in [-0.15, -0.1) is 0 Å². The highest BCUT2D eigenvalue weighted by Crippen LogP contribution is 2.44. The van der Waals surface area contributed by atoms with Crippen LogP contribution in [0.2, 0.25) is 0 Å². The summed E-state index contributed by atoms with van der Waals surface area (Å²) in [6.07, 6.45) is -5.54. The molecule has 0 aliphatic heterocycles. The van der Waals surface area contributed by atoms with Crippen molar-refractivity contribution in [2.24, 2.45) is 0 Å². The molecule has 5 aromatic rings. The number of aromatic nitrogens is 1. The lowest BCUT2D eigenvalue weighted by Gasteiger charge is -2.13. The van der Waals surface area contributed by atoms with E-state index in [0.717, 1.165) is 6.20 Å². The molecule has 1 unspecified atom stereocenters. The fourth-order valence-electron chi connectivity index (χ4n) is 4.48. The number of alkyl halides is 3. The third kappa shape index (κ3) is 4.11. The minimum absolute atomic E-state index is 0.0792. The van der Waals surface area contributed by atoms with Crippen LogP contribution in [0.5, 0.6) is 0 Å². The zero-order valence-electron chi connectivity index (χ0n) is 19.5. The number of carbonyl (C=O) groups is 2. The largest absolute Gasteiger partial charge is 0.478 e. The van der Waals surface area contributed by atoms with Gasteiger partial charge < -0.3 is 14.6 Å². The van der Waals surface area contributed by atoms with Crippen molar-refractivity contribution in [1.82, 2.24) is 9.88 Å². The summed E-state index contributed by atoms with van der Waals surface area (Å²) in [5.41, 5.74) is 0.741. The molecule has 0 aliphatic rings. The molecule has 0 saturated carbocycles. The minimum atomic E-state index is -5.20. The molecule has 2 heterocycles. The monoisotopic (exact) mass is 526 g/mol. The van der Waals surface area contributed by atoms with Crippen molar-refractivity contribution < 1.29 is 41.8 Å². The van der Waals surface area contributed by atoms with Crippen LogP contribution in [0.1, 0.15) is 26.9 Å². The summed E-state index contributed by atoms with van der Waals surface area (Å²) in [6, 6.07) is 13.5. The number of aromatic carboxylic acids is 1. The van der Waals surface area contributed by atoms with Crippen molar-refractivity contribution in [3.63, 3.8) is 0 Å². The maximum atomic E-state index is 13.6. The van der Waals surface area contributed by atoms with Crippen LogP contribution < -0.4 is 5.32 Å². The molecule has 5 rings (SSSR count). The number of aliphatic hydroxyl groups excluding tert-OH is 1. The number of carboxylic acids is 1. The highest BCUT2D eigenvalue weighted by atomic mass is 19.4. The summed E-state index contributed by atoms with van der Waals surface area (Å²) >= 11 is 0. The van der Waals surface area contributed by atoms with E-state index in [1.54, 1.807) is 0 Å². The second kappa shape index (κ2) is 9.12. The van der Waals surface area contributed by atoms with E-state index in [4.69, 9.17) is 4.42 Å². The SMILES string of the molecule is CNC(O)c1c(-c2ccc(F)cc2)oc2c1cc(-c1cccc(C(=O)O)c1)c1c2ccn1C(=O)C(F)(F)F. The van der Waals surface area contributed by atoms with Crippen molar-refractivity contribution >= 4 is 33.7 Å². The van der Waals surface area contributed by atoms with Crippen LogP contribution in [-0.4, -0.2) is 39.9 Å². The van der Waals surface area contributed by atoms with Gasteiger partial charge in [0.1, 0.15) is 23.4 Å². The number of nitrogens with zero attached hydrogens (tertiary/aromatic N) is 1. The van der Waals surface area contributed by atoms with Crippen molar-refractivity contribution in [3.05, 3.63) is 83.8 Å². The summed E-state index contributed by atoms with van der Waals surface area (Å²) in [7, 11) is 1.48. The second-order valence-electron chi connectivity index (χ2n) is 8.48. The van der Waals surface area contributed by atoms with Crippen LogP contribution in [0, 0.1) is 5.82 Å². The number of nitrogens with one attached hydrogen (secondary N) is 1. The Morgan fingerprint density at radius 1 is 1.00 bits per heavy atom. The average Bonchev–Trinajstić information content (AvgIpc) is 3.49. The quantitative estimate of drug-likeness (QED) is 0.193. The molecule has 0 aliphatic carbocycles. The first-order valence-corrected chi connectivity index (χ1v) is 11.2. The smallest absolute Gasteiger partial charge is 0.472 e. The number of carboxylic acid groups (broad SMARTS) is 1. The van der Waals surface area contributed by atoms with Gasteiger partial charge in [0.25, 0.3) is 0 Å². The molecule has 11 heteroatoms. The summed E-state index contributed by atoms with van der Waals surface area (Å²) in [5.74, 6) is -3.77. The Hall–Kier alpha value is -4.48. The molecule has 3 N–H and O–H groups in total. The standard InChI is InChI=1S/C27H18F4N2O5/c1-32-24(34)20-19-12-18(14-3-2-4-15(11-14)25(35)36)21-17(9-10-33(21)26(37)27(29,30)31)23(19)38-22(20)13-5-7-16(28)8-6-13/h2-12,24,32,34H,1H3,(H,35,36). The van der Waals surface area contributed by atoms with Crippen LogP contribution in [-0.2, 0) is 0 Å². The van der Waals surface area contributed by atoms with Crippen LogP contribution in [0.15, 0.2) is 71.3 Å². The topological polar surface area (TPSA) is 105 Å². The van der Waals surface area contributed by atoms with E-state index >= 15 is 0 Å². The molecule has 0 fully saturated rings. The fraction of sp³-hybridized carbons (Fsp3) is 0.111. The van der Waals surface area contributed by atoms with Crippen LogP contribution in [0.25, 0.3) is 44.3 Å². The molecule has 0 amide bonds. The highest BCUT2D eigenvalue weighted by Gasteiger charge is 2.41. The Labute approximate surface area is 211 Å². The third-order valence-electron chi connectivity index (χ3n) is 6.19. The second-order valence-corrected chi connectivity index (χ2v) is 8.48. The maximum absolute atomic E-state index is 13.6.